The van der Waals surface area contributed by atoms with Crippen LogP contribution in [-0.4, -0.2) is 63.9 Å². The maximum atomic E-state index is 12.7. The van der Waals surface area contributed by atoms with Crippen molar-refractivity contribution in [2.75, 3.05) is 27.2 Å². The second-order valence-electron chi connectivity index (χ2n) is 6.62. The Balaban J connectivity index is 2.13. The Labute approximate surface area is 157 Å². The summed E-state index contributed by atoms with van der Waals surface area (Å²) in [6.45, 7) is 0.896. The first kappa shape index (κ1) is 18.6. The highest BCUT2D eigenvalue weighted by molar-refractivity contribution is 6.46. The zero-order valence-electron chi connectivity index (χ0n) is 15.2. The number of carbonyl (C=O) groups is 2. The van der Waals surface area contributed by atoms with E-state index in [2.05, 4.69) is 4.98 Å². The van der Waals surface area contributed by atoms with Crippen molar-refractivity contribution in [2.24, 2.45) is 0 Å². The van der Waals surface area contributed by atoms with Crippen LogP contribution in [0.4, 0.5) is 0 Å². The number of aliphatic hydroxyl groups excluding tert-OH is 1. The lowest BCUT2D eigenvalue weighted by atomic mass is 9.95. The first-order valence-corrected chi connectivity index (χ1v) is 8.52. The summed E-state index contributed by atoms with van der Waals surface area (Å²) in [5.74, 6) is -1.52. The van der Waals surface area contributed by atoms with Crippen molar-refractivity contribution < 1.29 is 19.8 Å². The van der Waals surface area contributed by atoms with Crippen LogP contribution < -0.4 is 0 Å². The smallest absolute Gasteiger partial charge is 0.295 e. The molecule has 1 aromatic carbocycles. The Bertz CT molecular complexity index is 876. The van der Waals surface area contributed by atoms with Crippen LogP contribution in [0.25, 0.3) is 5.76 Å². The van der Waals surface area contributed by atoms with Crippen LogP contribution in [0.15, 0.2) is 54.4 Å². The monoisotopic (exact) mass is 367 g/mol. The third kappa shape index (κ3) is 3.68. The number of ketones is 1. The predicted octanol–water partition coefficient (Wildman–Crippen LogP) is 1.77. The number of hydrogen-bond acceptors (Lipinski definition) is 6. The Kier molecular flexibility index (Phi) is 5.23. The number of rotatable bonds is 5. The summed E-state index contributed by atoms with van der Waals surface area (Å²) in [4.78, 5) is 32.7. The van der Waals surface area contributed by atoms with Crippen LogP contribution in [-0.2, 0) is 9.59 Å². The molecule has 7 heteroatoms. The van der Waals surface area contributed by atoms with Gasteiger partial charge in [-0.3, -0.25) is 14.6 Å². The van der Waals surface area contributed by atoms with Gasteiger partial charge in [0.25, 0.3) is 11.7 Å². The van der Waals surface area contributed by atoms with E-state index in [1.54, 1.807) is 24.3 Å². The third-order valence-corrected chi connectivity index (χ3v) is 4.49. The van der Waals surface area contributed by atoms with Crippen molar-refractivity contribution in [1.82, 2.24) is 14.8 Å². The van der Waals surface area contributed by atoms with Gasteiger partial charge in [0, 0.05) is 31.0 Å². The van der Waals surface area contributed by atoms with Crippen molar-refractivity contribution in [3.8, 4) is 5.75 Å². The molecule has 1 atom stereocenters. The highest BCUT2D eigenvalue weighted by atomic mass is 16.3. The molecule has 1 amide bonds. The fourth-order valence-electron chi connectivity index (χ4n) is 3.09. The molecule has 2 aromatic rings. The van der Waals surface area contributed by atoms with Gasteiger partial charge in [-0.1, -0.05) is 12.1 Å². The Morgan fingerprint density at radius 1 is 1.11 bits per heavy atom. The number of aromatic nitrogens is 1. The molecule has 2 N–H and O–H groups in total. The topological polar surface area (TPSA) is 94.0 Å². The number of amides is 1. The number of Topliss-reactive ketones (excluding diaryl/α,β-unsaturated/α-hetero) is 1. The summed E-state index contributed by atoms with van der Waals surface area (Å²) >= 11 is 0. The molecule has 27 heavy (non-hydrogen) atoms. The number of phenols is 1. The molecule has 1 unspecified atom stereocenters. The molecular formula is C20H21N3O4. The molecule has 7 nitrogen and oxygen atoms in total. The van der Waals surface area contributed by atoms with Gasteiger partial charge in [-0.25, -0.2) is 0 Å². The number of carbonyl (C=O) groups excluding carboxylic acids is 2. The van der Waals surface area contributed by atoms with Gasteiger partial charge in [-0.15, -0.1) is 0 Å². The zero-order valence-corrected chi connectivity index (χ0v) is 15.2. The van der Waals surface area contributed by atoms with Crippen LogP contribution in [0.1, 0.15) is 17.2 Å². The maximum Gasteiger partial charge on any atom is 0.295 e. The van der Waals surface area contributed by atoms with Gasteiger partial charge >= 0.3 is 0 Å². The van der Waals surface area contributed by atoms with Crippen molar-refractivity contribution >= 4 is 17.4 Å². The van der Waals surface area contributed by atoms with Crippen LogP contribution in [0.5, 0.6) is 5.75 Å². The minimum Gasteiger partial charge on any atom is -0.508 e. The molecule has 140 valence electrons. The van der Waals surface area contributed by atoms with Crippen LogP contribution in [0.2, 0.25) is 0 Å². The van der Waals surface area contributed by atoms with E-state index in [-0.39, 0.29) is 17.1 Å². The normalized spacial score (nSPS) is 19.1. The van der Waals surface area contributed by atoms with Crippen molar-refractivity contribution in [1.29, 1.82) is 0 Å². The average molecular weight is 367 g/mol. The Morgan fingerprint density at radius 3 is 2.33 bits per heavy atom. The zero-order chi connectivity index (χ0) is 19.6. The second kappa shape index (κ2) is 7.59. The molecule has 1 aromatic heterocycles. The average Bonchev–Trinajstić information content (AvgIpc) is 2.91. The van der Waals surface area contributed by atoms with Crippen molar-refractivity contribution in [2.45, 2.75) is 6.04 Å². The lowest BCUT2D eigenvalue weighted by Gasteiger charge is -2.26. The molecule has 2 heterocycles. The summed E-state index contributed by atoms with van der Waals surface area (Å²) in [5, 5.41) is 20.4. The molecule has 0 spiro atoms. The van der Waals surface area contributed by atoms with E-state index in [4.69, 9.17) is 0 Å². The highest BCUT2D eigenvalue weighted by Gasteiger charge is 2.45. The summed E-state index contributed by atoms with van der Waals surface area (Å²) < 4.78 is 0. The predicted molar refractivity (Wildman–Crippen MR) is 99.9 cm³/mol. The lowest BCUT2D eigenvalue weighted by molar-refractivity contribution is -0.140. The third-order valence-electron chi connectivity index (χ3n) is 4.49. The van der Waals surface area contributed by atoms with Crippen molar-refractivity contribution in [3.63, 3.8) is 0 Å². The minimum atomic E-state index is -0.723. The van der Waals surface area contributed by atoms with Gasteiger partial charge in [0.2, 0.25) is 0 Å². The maximum absolute atomic E-state index is 12.7. The molecule has 0 bridgehead atoms. The second-order valence-corrected chi connectivity index (χ2v) is 6.62. The highest BCUT2D eigenvalue weighted by Crippen LogP contribution is 2.39. The lowest BCUT2D eigenvalue weighted by Crippen LogP contribution is -2.35. The SMILES string of the molecule is CN(C)CCN1C(=O)C(=O)/C(=C(\O)c2ccncc2)C1c1ccc(O)cc1. The first-order chi connectivity index (χ1) is 12.9. The van der Waals surface area contributed by atoms with Gasteiger partial charge in [0.05, 0.1) is 11.6 Å². The summed E-state index contributed by atoms with van der Waals surface area (Å²) in [6.07, 6.45) is 3.01. The van der Waals surface area contributed by atoms with Gasteiger partial charge < -0.3 is 20.0 Å². The van der Waals surface area contributed by atoms with E-state index in [0.29, 0.717) is 24.2 Å². The summed E-state index contributed by atoms with van der Waals surface area (Å²) in [5.41, 5.74) is 1.09. The molecule has 1 saturated heterocycles. The summed E-state index contributed by atoms with van der Waals surface area (Å²) in [7, 11) is 3.76. The largest absolute Gasteiger partial charge is 0.508 e. The number of likely N-dealkylation sites (tertiary alicyclic amines) is 1. The fraction of sp³-hybridized carbons (Fsp3) is 0.250. The molecule has 1 aliphatic rings. The first-order valence-electron chi connectivity index (χ1n) is 8.52. The van der Waals surface area contributed by atoms with E-state index >= 15 is 0 Å². The number of aliphatic hydroxyl groups is 1. The number of aromatic hydroxyl groups is 1. The molecule has 0 radical (unpaired) electrons. The van der Waals surface area contributed by atoms with Crippen molar-refractivity contribution in [3.05, 3.63) is 65.5 Å². The molecule has 3 rings (SSSR count). The minimum absolute atomic E-state index is 0.0376. The molecular weight excluding hydrogens is 346 g/mol. The quantitative estimate of drug-likeness (QED) is 0.475. The van der Waals surface area contributed by atoms with E-state index in [1.165, 1.54) is 29.4 Å². The molecule has 0 aliphatic carbocycles. The Morgan fingerprint density at radius 2 is 1.74 bits per heavy atom. The molecule has 1 aliphatic heterocycles. The number of phenolic OH excluding ortho intramolecular Hbond substituents is 1. The van der Waals surface area contributed by atoms with E-state index in [0.717, 1.165) is 0 Å². The number of likely N-dealkylation sites (N-methyl/N-ethyl adjacent to an activating group) is 1. The number of pyridine rings is 1. The summed E-state index contributed by atoms with van der Waals surface area (Å²) in [6, 6.07) is 8.72. The fourth-order valence-corrected chi connectivity index (χ4v) is 3.09. The van der Waals surface area contributed by atoms with E-state index in [1.807, 2.05) is 19.0 Å². The van der Waals surface area contributed by atoms with Crippen LogP contribution in [0.3, 0.4) is 0 Å². The molecule has 0 saturated carbocycles. The van der Waals surface area contributed by atoms with E-state index in [9.17, 15) is 19.8 Å². The van der Waals surface area contributed by atoms with E-state index < -0.39 is 17.7 Å². The number of benzene rings is 1. The van der Waals surface area contributed by atoms with Crippen LogP contribution in [0, 0.1) is 0 Å². The number of nitrogens with zero attached hydrogens (tertiary/aromatic N) is 3. The molecule has 1 fully saturated rings. The van der Waals surface area contributed by atoms with Gasteiger partial charge in [0.1, 0.15) is 11.5 Å². The number of hydrogen-bond donors (Lipinski definition) is 2. The van der Waals surface area contributed by atoms with Gasteiger partial charge in [-0.2, -0.15) is 0 Å². The standard InChI is InChI=1S/C20H21N3O4/c1-22(2)11-12-23-17(13-3-5-15(24)6-4-13)16(19(26)20(23)27)18(25)14-7-9-21-10-8-14/h3-10,17,24-25H,11-12H2,1-2H3/b18-16-. The Hall–Kier alpha value is -3.19. The van der Waals surface area contributed by atoms with Gasteiger partial charge in [0.15, 0.2) is 0 Å². The van der Waals surface area contributed by atoms with Crippen LogP contribution >= 0.6 is 0 Å². The van der Waals surface area contributed by atoms with Gasteiger partial charge in [-0.05, 0) is 43.9 Å².